The Kier molecular flexibility index (Phi) is 6.97. The van der Waals surface area contributed by atoms with Crippen LogP contribution in [0, 0.1) is 11.8 Å². The van der Waals surface area contributed by atoms with E-state index in [1.165, 1.54) is 44.9 Å². The highest BCUT2D eigenvalue weighted by molar-refractivity contribution is 4.92. The van der Waals surface area contributed by atoms with Gasteiger partial charge in [-0.1, -0.05) is 27.2 Å². The lowest BCUT2D eigenvalue weighted by Gasteiger charge is -2.40. The van der Waals surface area contributed by atoms with Crippen LogP contribution in [0.3, 0.4) is 0 Å². The molecule has 0 atom stereocenters. The molecule has 2 saturated carbocycles. The predicted octanol–water partition coefficient (Wildman–Crippen LogP) is 3.77. The molecule has 124 valence electrons. The van der Waals surface area contributed by atoms with Gasteiger partial charge in [-0.05, 0) is 50.4 Å². The Bertz CT molecular complexity index is 281. The number of nitrogens with one attached hydrogen (secondary N) is 1. The zero-order valence-corrected chi connectivity index (χ0v) is 14.3. The van der Waals surface area contributed by atoms with Crippen LogP contribution in [0.5, 0.6) is 0 Å². The fraction of sp³-hybridized carbons (Fsp3) is 1.00. The highest BCUT2D eigenvalue weighted by Crippen LogP contribution is 2.36. The van der Waals surface area contributed by atoms with E-state index in [2.05, 4.69) is 26.1 Å². The number of rotatable bonds is 10. The summed E-state index contributed by atoms with van der Waals surface area (Å²) in [5, 5.41) is 3.69. The Hall–Kier alpha value is -0.120. The van der Waals surface area contributed by atoms with E-state index in [0.29, 0.717) is 5.92 Å². The van der Waals surface area contributed by atoms with E-state index in [0.717, 1.165) is 38.3 Å². The van der Waals surface area contributed by atoms with Crippen LogP contribution in [0.25, 0.3) is 0 Å². The molecule has 0 aromatic rings. The molecule has 0 spiro atoms. The monoisotopic (exact) mass is 297 g/mol. The molecule has 2 rings (SSSR count). The SMILES string of the molecule is CCC1CCC(CNC2CC2)(OCCOCC(C)C)CC1. The van der Waals surface area contributed by atoms with Crippen LogP contribution in [-0.4, -0.2) is 38.0 Å². The first-order valence-corrected chi connectivity index (χ1v) is 9.08. The van der Waals surface area contributed by atoms with Crippen molar-refractivity contribution in [3.8, 4) is 0 Å². The maximum Gasteiger partial charge on any atom is 0.0807 e. The topological polar surface area (TPSA) is 30.5 Å². The van der Waals surface area contributed by atoms with Crippen molar-refractivity contribution in [1.29, 1.82) is 0 Å². The van der Waals surface area contributed by atoms with Crippen molar-refractivity contribution in [2.45, 2.75) is 77.4 Å². The highest BCUT2D eigenvalue weighted by Gasteiger charge is 2.37. The molecule has 0 aliphatic heterocycles. The molecule has 0 aromatic carbocycles. The normalized spacial score (nSPS) is 30.0. The third-order valence-corrected chi connectivity index (χ3v) is 4.97. The van der Waals surface area contributed by atoms with Crippen LogP contribution < -0.4 is 5.32 Å². The van der Waals surface area contributed by atoms with Crippen molar-refractivity contribution in [1.82, 2.24) is 5.32 Å². The van der Waals surface area contributed by atoms with Gasteiger partial charge in [0.05, 0.1) is 18.8 Å². The minimum Gasteiger partial charge on any atom is -0.379 e. The second-order valence-electron chi connectivity index (χ2n) is 7.51. The van der Waals surface area contributed by atoms with Crippen molar-refractivity contribution in [2.24, 2.45) is 11.8 Å². The Morgan fingerprint density at radius 2 is 1.81 bits per heavy atom. The average Bonchev–Trinajstić information content (AvgIpc) is 3.30. The van der Waals surface area contributed by atoms with Gasteiger partial charge in [-0.3, -0.25) is 0 Å². The summed E-state index contributed by atoms with van der Waals surface area (Å²) in [6.07, 6.45) is 9.12. The van der Waals surface area contributed by atoms with E-state index in [1.807, 2.05) is 0 Å². The van der Waals surface area contributed by atoms with Crippen LogP contribution in [0.15, 0.2) is 0 Å². The van der Waals surface area contributed by atoms with Gasteiger partial charge < -0.3 is 14.8 Å². The third kappa shape index (κ3) is 6.25. The molecule has 2 aliphatic rings. The first-order valence-electron chi connectivity index (χ1n) is 9.08. The maximum absolute atomic E-state index is 6.34. The largest absolute Gasteiger partial charge is 0.379 e. The summed E-state index contributed by atoms with van der Waals surface area (Å²) in [7, 11) is 0. The van der Waals surface area contributed by atoms with E-state index < -0.39 is 0 Å². The van der Waals surface area contributed by atoms with Gasteiger partial charge >= 0.3 is 0 Å². The van der Waals surface area contributed by atoms with Crippen LogP contribution in [0.2, 0.25) is 0 Å². The summed E-state index contributed by atoms with van der Waals surface area (Å²) in [6.45, 7) is 10.1. The molecule has 0 unspecified atom stereocenters. The molecule has 3 heteroatoms. The molecule has 0 saturated heterocycles. The van der Waals surface area contributed by atoms with E-state index in [1.54, 1.807) is 0 Å². The first-order chi connectivity index (χ1) is 10.1. The lowest BCUT2D eigenvalue weighted by atomic mass is 9.77. The smallest absolute Gasteiger partial charge is 0.0807 e. The quantitative estimate of drug-likeness (QED) is 0.623. The zero-order chi connectivity index (χ0) is 15.1. The molecule has 0 radical (unpaired) electrons. The Labute approximate surface area is 131 Å². The maximum atomic E-state index is 6.34. The second kappa shape index (κ2) is 8.50. The van der Waals surface area contributed by atoms with Crippen molar-refractivity contribution in [3.63, 3.8) is 0 Å². The van der Waals surface area contributed by atoms with Gasteiger partial charge in [0.25, 0.3) is 0 Å². The molecule has 21 heavy (non-hydrogen) atoms. The van der Waals surface area contributed by atoms with Crippen LogP contribution in [0.4, 0.5) is 0 Å². The van der Waals surface area contributed by atoms with Crippen LogP contribution in [-0.2, 0) is 9.47 Å². The molecule has 0 heterocycles. The number of hydrogen-bond donors (Lipinski definition) is 1. The Morgan fingerprint density at radius 1 is 1.10 bits per heavy atom. The van der Waals surface area contributed by atoms with Crippen molar-refractivity contribution in [3.05, 3.63) is 0 Å². The Morgan fingerprint density at radius 3 is 2.38 bits per heavy atom. The zero-order valence-electron chi connectivity index (χ0n) is 14.3. The van der Waals surface area contributed by atoms with E-state index in [9.17, 15) is 0 Å². The van der Waals surface area contributed by atoms with Gasteiger partial charge in [0.2, 0.25) is 0 Å². The predicted molar refractivity (Wildman–Crippen MR) is 87.6 cm³/mol. The summed E-state index contributed by atoms with van der Waals surface area (Å²) in [5.74, 6) is 1.52. The van der Waals surface area contributed by atoms with Crippen LogP contribution >= 0.6 is 0 Å². The molecule has 1 N–H and O–H groups in total. The lowest BCUT2D eigenvalue weighted by molar-refractivity contribution is -0.0942. The molecular weight excluding hydrogens is 262 g/mol. The number of hydrogen-bond acceptors (Lipinski definition) is 3. The van der Waals surface area contributed by atoms with Gasteiger partial charge in [-0.25, -0.2) is 0 Å². The van der Waals surface area contributed by atoms with Gasteiger partial charge in [0.1, 0.15) is 0 Å². The van der Waals surface area contributed by atoms with Gasteiger partial charge in [0, 0.05) is 19.2 Å². The average molecular weight is 297 g/mol. The molecule has 0 amide bonds. The fourth-order valence-corrected chi connectivity index (χ4v) is 3.24. The molecular formula is C18H35NO2. The van der Waals surface area contributed by atoms with E-state index >= 15 is 0 Å². The van der Waals surface area contributed by atoms with Crippen molar-refractivity contribution in [2.75, 3.05) is 26.4 Å². The molecule has 0 aromatic heterocycles. The second-order valence-corrected chi connectivity index (χ2v) is 7.51. The summed E-state index contributed by atoms with van der Waals surface area (Å²) in [6, 6.07) is 0.770. The van der Waals surface area contributed by atoms with Gasteiger partial charge in [-0.15, -0.1) is 0 Å². The van der Waals surface area contributed by atoms with E-state index in [-0.39, 0.29) is 5.60 Å². The standard InChI is InChI=1S/C18H35NO2/c1-4-16-7-9-18(10-8-16,14-19-17-5-6-17)21-12-11-20-13-15(2)3/h15-17,19H,4-14H2,1-3H3. The molecule has 2 aliphatic carbocycles. The Balaban J connectivity index is 1.72. The van der Waals surface area contributed by atoms with Crippen molar-refractivity contribution < 1.29 is 9.47 Å². The first kappa shape index (κ1) is 17.2. The third-order valence-electron chi connectivity index (χ3n) is 4.97. The molecule has 2 fully saturated rings. The van der Waals surface area contributed by atoms with Crippen molar-refractivity contribution >= 4 is 0 Å². The summed E-state index contributed by atoms with van der Waals surface area (Å²) in [4.78, 5) is 0. The summed E-state index contributed by atoms with van der Waals surface area (Å²) in [5.41, 5.74) is 0.0788. The highest BCUT2D eigenvalue weighted by atomic mass is 16.5. The minimum atomic E-state index is 0.0788. The van der Waals surface area contributed by atoms with Gasteiger partial charge in [0.15, 0.2) is 0 Å². The number of ether oxygens (including phenoxy) is 2. The lowest BCUT2D eigenvalue weighted by Crippen LogP contribution is -2.47. The summed E-state index contributed by atoms with van der Waals surface area (Å²) >= 11 is 0. The summed E-state index contributed by atoms with van der Waals surface area (Å²) < 4.78 is 12.0. The molecule has 0 bridgehead atoms. The minimum absolute atomic E-state index is 0.0788. The van der Waals surface area contributed by atoms with Gasteiger partial charge in [-0.2, -0.15) is 0 Å². The van der Waals surface area contributed by atoms with Crippen LogP contribution in [0.1, 0.15) is 65.7 Å². The fourth-order valence-electron chi connectivity index (χ4n) is 3.24. The van der Waals surface area contributed by atoms with E-state index in [4.69, 9.17) is 9.47 Å². The molecule has 3 nitrogen and oxygen atoms in total.